The summed E-state index contributed by atoms with van der Waals surface area (Å²) in [6.45, 7) is 0.885. The summed E-state index contributed by atoms with van der Waals surface area (Å²) in [5, 5.41) is 3.51. The van der Waals surface area contributed by atoms with E-state index in [1.54, 1.807) is 5.56 Å². The summed E-state index contributed by atoms with van der Waals surface area (Å²) in [5.74, 6) is 2.48. The fourth-order valence-corrected chi connectivity index (χ4v) is 6.68. The molecule has 0 radical (unpaired) electrons. The molecule has 0 spiro atoms. The van der Waals surface area contributed by atoms with Gasteiger partial charge < -0.3 is 11.1 Å². The Labute approximate surface area is 148 Å². The molecule has 4 fully saturated rings. The van der Waals surface area contributed by atoms with Crippen LogP contribution in [0.4, 0.5) is 0 Å². The normalized spacial score (nSPS) is 43.7. The maximum atomic E-state index is 5.93. The van der Waals surface area contributed by atoms with E-state index in [0.717, 1.165) is 18.4 Å². The van der Waals surface area contributed by atoms with Crippen molar-refractivity contribution >= 4 is 22.9 Å². The average molecular weight is 376 g/mol. The molecule has 4 bridgehead atoms. The summed E-state index contributed by atoms with van der Waals surface area (Å²) in [4.78, 5) is 4.45. The van der Waals surface area contributed by atoms with Gasteiger partial charge in [-0.05, 0) is 66.8 Å². The van der Waals surface area contributed by atoms with E-state index in [2.05, 4.69) is 40.6 Å². The van der Waals surface area contributed by atoms with Crippen molar-refractivity contribution in [3.05, 3.63) is 35.9 Å². The molecule has 4 heteroatoms. The SMILES string of the molecule is Br.NC1=NCC(C23CC4CC(CC(c5ccccc5)(C4)C2)C3)N1. The van der Waals surface area contributed by atoms with Gasteiger partial charge in [-0.15, -0.1) is 17.0 Å². The highest BCUT2D eigenvalue weighted by molar-refractivity contribution is 8.93. The highest BCUT2D eigenvalue weighted by Gasteiger charge is 2.60. The van der Waals surface area contributed by atoms with E-state index in [9.17, 15) is 0 Å². The largest absolute Gasteiger partial charge is 0.370 e. The summed E-state index contributed by atoms with van der Waals surface area (Å²) in [5.41, 5.74) is 8.35. The molecule has 0 saturated heterocycles. The molecule has 1 aromatic rings. The van der Waals surface area contributed by atoms with E-state index in [4.69, 9.17) is 5.73 Å². The van der Waals surface area contributed by atoms with E-state index < -0.39 is 0 Å². The van der Waals surface area contributed by atoms with Crippen molar-refractivity contribution in [2.24, 2.45) is 28.0 Å². The predicted octanol–water partition coefficient (Wildman–Crippen LogP) is 3.39. The molecule has 5 aliphatic rings. The Bertz CT molecular complexity index is 613. The first-order chi connectivity index (χ1) is 10.7. The van der Waals surface area contributed by atoms with Crippen LogP contribution in [-0.4, -0.2) is 18.5 Å². The maximum absolute atomic E-state index is 5.93. The summed E-state index contributed by atoms with van der Waals surface area (Å²) < 4.78 is 0. The summed E-state index contributed by atoms with van der Waals surface area (Å²) in [6, 6.07) is 11.8. The Balaban J connectivity index is 0.00000135. The Kier molecular flexibility index (Phi) is 3.53. The zero-order chi connectivity index (χ0) is 14.8. The molecule has 0 aromatic heterocycles. The number of hydrogen-bond acceptors (Lipinski definition) is 3. The fraction of sp³-hybridized carbons (Fsp3) is 0.632. The number of halogens is 1. The molecule has 3 unspecified atom stereocenters. The molecule has 3 N–H and O–H groups in total. The van der Waals surface area contributed by atoms with Gasteiger partial charge in [0.1, 0.15) is 0 Å². The molecule has 1 aliphatic heterocycles. The Morgan fingerprint density at radius 2 is 1.74 bits per heavy atom. The number of guanidine groups is 1. The Morgan fingerprint density at radius 1 is 1.04 bits per heavy atom. The standard InChI is InChI=1S/C19H25N3.BrH/c20-17-21-11-16(22-17)19-9-13-6-14(10-19)8-18(7-13,12-19)15-4-2-1-3-5-15;/h1-5,13-14,16H,6-12H2,(H3,20,21,22);1H. The molecule has 4 aliphatic carbocycles. The van der Waals surface area contributed by atoms with Gasteiger partial charge in [-0.2, -0.15) is 0 Å². The molecule has 0 amide bonds. The van der Waals surface area contributed by atoms with Crippen LogP contribution >= 0.6 is 17.0 Å². The first kappa shape index (κ1) is 15.5. The van der Waals surface area contributed by atoms with Crippen molar-refractivity contribution in [1.29, 1.82) is 0 Å². The third kappa shape index (κ3) is 2.25. The van der Waals surface area contributed by atoms with Gasteiger partial charge in [-0.25, -0.2) is 0 Å². The highest BCUT2D eigenvalue weighted by atomic mass is 79.9. The first-order valence-electron chi connectivity index (χ1n) is 8.80. The molecule has 4 saturated carbocycles. The monoisotopic (exact) mass is 375 g/mol. The van der Waals surface area contributed by atoms with Crippen LogP contribution in [0.15, 0.2) is 35.3 Å². The van der Waals surface area contributed by atoms with Crippen LogP contribution in [0.3, 0.4) is 0 Å². The van der Waals surface area contributed by atoms with Gasteiger partial charge in [0.05, 0.1) is 12.6 Å². The number of benzene rings is 1. The Hall–Kier alpha value is -1.03. The summed E-state index contributed by atoms with van der Waals surface area (Å²) in [6.07, 6.45) is 8.37. The predicted molar refractivity (Wildman–Crippen MR) is 99.0 cm³/mol. The number of nitrogens with two attached hydrogens (primary N) is 1. The molecule has 3 nitrogen and oxygen atoms in total. The number of rotatable bonds is 2. The van der Waals surface area contributed by atoms with Crippen molar-refractivity contribution in [1.82, 2.24) is 5.32 Å². The second kappa shape index (κ2) is 5.23. The quantitative estimate of drug-likeness (QED) is 0.831. The minimum atomic E-state index is 0. The van der Waals surface area contributed by atoms with E-state index >= 15 is 0 Å². The van der Waals surface area contributed by atoms with Crippen molar-refractivity contribution in [3.8, 4) is 0 Å². The lowest BCUT2D eigenvalue weighted by atomic mass is 9.41. The van der Waals surface area contributed by atoms with Crippen LogP contribution in [0, 0.1) is 17.3 Å². The average Bonchev–Trinajstić information content (AvgIpc) is 2.94. The number of nitrogens with zero attached hydrogens (tertiary/aromatic N) is 1. The van der Waals surface area contributed by atoms with Gasteiger partial charge >= 0.3 is 0 Å². The number of nitrogens with one attached hydrogen (secondary N) is 1. The van der Waals surface area contributed by atoms with E-state index in [1.807, 2.05) is 0 Å². The Morgan fingerprint density at radius 3 is 2.35 bits per heavy atom. The molecular weight excluding hydrogens is 350 g/mol. The van der Waals surface area contributed by atoms with Crippen LogP contribution in [0.2, 0.25) is 0 Å². The third-order valence-corrected chi connectivity index (χ3v) is 7.00. The number of hydrogen-bond donors (Lipinski definition) is 2. The van der Waals surface area contributed by atoms with Gasteiger partial charge in [0.25, 0.3) is 0 Å². The lowest BCUT2D eigenvalue weighted by molar-refractivity contribution is -0.0853. The topological polar surface area (TPSA) is 50.4 Å². The minimum absolute atomic E-state index is 0. The minimum Gasteiger partial charge on any atom is -0.370 e. The van der Waals surface area contributed by atoms with Crippen molar-refractivity contribution in [3.63, 3.8) is 0 Å². The third-order valence-electron chi connectivity index (χ3n) is 7.00. The first-order valence-corrected chi connectivity index (χ1v) is 8.80. The van der Waals surface area contributed by atoms with Crippen LogP contribution in [0.1, 0.15) is 44.1 Å². The molecule has 3 atom stereocenters. The second-order valence-electron chi connectivity index (χ2n) is 8.39. The van der Waals surface area contributed by atoms with E-state index in [-0.39, 0.29) is 17.0 Å². The van der Waals surface area contributed by atoms with Crippen molar-refractivity contribution < 1.29 is 0 Å². The highest BCUT2D eigenvalue weighted by Crippen LogP contribution is 2.66. The van der Waals surface area contributed by atoms with Crippen molar-refractivity contribution in [2.75, 3.05) is 6.54 Å². The smallest absolute Gasteiger partial charge is 0.188 e. The molecule has 6 rings (SSSR count). The van der Waals surface area contributed by atoms with Crippen LogP contribution in [-0.2, 0) is 5.41 Å². The molecular formula is C19H26BrN3. The lowest BCUT2D eigenvalue weighted by Crippen LogP contribution is -2.61. The molecule has 124 valence electrons. The van der Waals surface area contributed by atoms with Gasteiger partial charge in [-0.3, -0.25) is 4.99 Å². The fourth-order valence-electron chi connectivity index (χ4n) is 6.68. The van der Waals surface area contributed by atoms with Crippen LogP contribution in [0.5, 0.6) is 0 Å². The molecule has 23 heavy (non-hydrogen) atoms. The second-order valence-corrected chi connectivity index (χ2v) is 8.39. The maximum Gasteiger partial charge on any atom is 0.188 e. The van der Waals surface area contributed by atoms with E-state index in [1.165, 1.54) is 38.5 Å². The zero-order valence-corrected chi connectivity index (χ0v) is 15.2. The van der Waals surface area contributed by atoms with Gasteiger partial charge in [0.15, 0.2) is 5.96 Å². The molecule has 1 heterocycles. The summed E-state index contributed by atoms with van der Waals surface area (Å²) >= 11 is 0. The summed E-state index contributed by atoms with van der Waals surface area (Å²) in [7, 11) is 0. The lowest BCUT2D eigenvalue weighted by Gasteiger charge is -2.64. The van der Waals surface area contributed by atoms with Crippen LogP contribution < -0.4 is 11.1 Å². The number of aliphatic imine (C=N–C) groups is 1. The zero-order valence-electron chi connectivity index (χ0n) is 13.5. The van der Waals surface area contributed by atoms with E-state index in [0.29, 0.717) is 22.8 Å². The van der Waals surface area contributed by atoms with Gasteiger partial charge in [0, 0.05) is 0 Å². The van der Waals surface area contributed by atoms with Gasteiger partial charge in [0.2, 0.25) is 0 Å². The van der Waals surface area contributed by atoms with Crippen LogP contribution in [0.25, 0.3) is 0 Å². The molecule has 1 aromatic carbocycles. The van der Waals surface area contributed by atoms with Gasteiger partial charge in [-0.1, -0.05) is 30.3 Å². The van der Waals surface area contributed by atoms with Crippen molar-refractivity contribution in [2.45, 2.75) is 50.0 Å².